The second-order valence-electron chi connectivity index (χ2n) is 3.67. The monoisotopic (exact) mass is 262 g/mol. The standard InChI is InChI=1S/C10H18N2O2S2/c1-8-7-10(9(2)15-8)16(13,14)12-6-4-3-5-11/h7,12H,3-6,11H2,1-2H3. The highest BCUT2D eigenvalue weighted by atomic mass is 32.2. The molecule has 0 amide bonds. The lowest BCUT2D eigenvalue weighted by Gasteiger charge is -2.05. The molecule has 92 valence electrons. The summed E-state index contributed by atoms with van der Waals surface area (Å²) in [5.41, 5.74) is 5.34. The molecule has 1 aromatic heterocycles. The van der Waals surface area contributed by atoms with Gasteiger partial charge in [-0.05, 0) is 39.3 Å². The van der Waals surface area contributed by atoms with E-state index in [1.54, 1.807) is 6.07 Å². The zero-order valence-electron chi connectivity index (χ0n) is 9.62. The lowest BCUT2D eigenvalue weighted by molar-refractivity contribution is 0.577. The molecule has 1 aromatic rings. The molecule has 0 atom stereocenters. The summed E-state index contributed by atoms with van der Waals surface area (Å²) in [6.45, 7) is 4.78. The van der Waals surface area contributed by atoms with Crippen LogP contribution in [-0.2, 0) is 10.0 Å². The molecule has 0 radical (unpaired) electrons. The fourth-order valence-corrected chi connectivity index (χ4v) is 4.05. The van der Waals surface area contributed by atoms with E-state index in [9.17, 15) is 8.42 Å². The maximum absolute atomic E-state index is 11.9. The first kappa shape index (κ1) is 13.6. The van der Waals surface area contributed by atoms with Gasteiger partial charge in [0.25, 0.3) is 0 Å². The van der Waals surface area contributed by atoms with Crippen molar-refractivity contribution in [2.45, 2.75) is 31.6 Å². The Morgan fingerprint density at radius 2 is 2.06 bits per heavy atom. The van der Waals surface area contributed by atoms with Gasteiger partial charge < -0.3 is 5.73 Å². The number of unbranched alkanes of at least 4 members (excludes halogenated alkanes) is 1. The molecule has 0 aliphatic rings. The molecule has 0 unspecified atom stereocenters. The van der Waals surface area contributed by atoms with Crippen LogP contribution in [0.1, 0.15) is 22.6 Å². The SMILES string of the molecule is Cc1cc(S(=O)(=O)NCCCCN)c(C)s1. The van der Waals surface area contributed by atoms with Gasteiger partial charge in [0, 0.05) is 16.3 Å². The van der Waals surface area contributed by atoms with Gasteiger partial charge in [-0.3, -0.25) is 0 Å². The molecule has 3 N–H and O–H groups in total. The van der Waals surface area contributed by atoms with E-state index in [-0.39, 0.29) is 0 Å². The predicted molar refractivity (Wildman–Crippen MR) is 67.3 cm³/mol. The number of nitrogens with two attached hydrogens (primary N) is 1. The molecule has 0 aromatic carbocycles. The molecular formula is C10H18N2O2S2. The minimum absolute atomic E-state index is 0.405. The minimum Gasteiger partial charge on any atom is -0.330 e. The summed E-state index contributed by atoms with van der Waals surface area (Å²) in [4.78, 5) is 2.26. The quantitative estimate of drug-likeness (QED) is 0.761. The average Bonchev–Trinajstić information content (AvgIpc) is 2.53. The van der Waals surface area contributed by atoms with Crippen molar-refractivity contribution >= 4 is 21.4 Å². The normalized spacial score (nSPS) is 11.9. The second kappa shape index (κ2) is 5.77. The van der Waals surface area contributed by atoms with E-state index in [0.29, 0.717) is 18.0 Å². The van der Waals surface area contributed by atoms with Crippen LogP contribution in [0.2, 0.25) is 0 Å². The van der Waals surface area contributed by atoms with E-state index < -0.39 is 10.0 Å². The Labute approximate surface area is 101 Å². The summed E-state index contributed by atoms with van der Waals surface area (Å²) in [6, 6.07) is 1.71. The predicted octanol–water partition coefficient (Wildman–Crippen LogP) is 1.38. The van der Waals surface area contributed by atoms with Crippen molar-refractivity contribution in [1.82, 2.24) is 4.72 Å². The molecule has 0 fully saturated rings. The van der Waals surface area contributed by atoms with Crippen LogP contribution in [0.3, 0.4) is 0 Å². The van der Waals surface area contributed by atoms with Gasteiger partial charge in [0.05, 0.1) is 4.90 Å². The number of sulfonamides is 1. The summed E-state index contributed by atoms with van der Waals surface area (Å²) in [5.74, 6) is 0. The number of aryl methyl sites for hydroxylation is 2. The van der Waals surface area contributed by atoms with E-state index >= 15 is 0 Å². The first-order chi connectivity index (χ1) is 7.47. The van der Waals surface area contributed by atoms with E-state index in [1.165, 1.54) is 11.3 Å². The van der Waals surface area contributed by atoms with Crippen molar-refractivity contribution in [2.24, 2.45) is 5.73 Å². The average molecular weight is 262 g/mol. The van der Waals surface area contributed by atoms with Crippen molar-refractivity contribution in [1.29, 1.82) is 0 Å². The number of nitrogens with one attached hydrogen (secondary N) is 1. The van der Waals surface area contributed by atoms with Crippen LogP contribution in [-0.4, -0.2) is 21.5 Å². The van der Waals surface area contributed by atoms with Crippen molar-refractivity contribution in [2.75, 3.05) is 13.1 Å². The Morgan fingerprint density at radius 1 is 1.38 bits per heavy atom. The fraction of sp³-hybridized carbons (Fsp3) is 0.600. The van der Waals surface area contributed by atoms with Crippen LogP contribution >= 0.6 is 11.3 Å². The lowest BCUT2D eigenvalue weighted by atomic mass is 10.3. The number of hydrogen-bond donors (Lipinski definition) is 2. The van der Waals surface area contributed by atoms with Crippen molar-refractivity contribution in [3.05, 3.63) is 15.8 Å². The third-order valence-electron chi connectivity index (χ3n) is 2.21. The molecule has 1 heterocycles. The van der Waals surface area contributed by atoms with Crippen molar-refractivity contribution in [3.8, 4) is 0 Å². The number of hydrogen-bond acceptors (Lipinski definition) is 4. The van der Waals surface area contributed by atoms with Crippen molar-refractivity contribution < 1.29 is 8.42 Å². The molecule has 0 saturated heterocycles. The van der Waals surface area contributed by atoms with E-state index in [1.807, 2.05) is 13.8 Å². The number of rotatable bonds is 6. The molecule has 1 rings (SSSR count). The fourth-order valence-electron chi connectivity index (χ4n) is 1.43. The van der Waals surface area contributed by atoms with Gasteiger partial charge in [-0.2, -0.15) is 0 Å². The molecule has 6 heteroatoms. The van der Waals surface area contributed by atoms with Crippen LogP contribution in [0.25, 0.3) is 0 Å². The summed E-state index contributed by atoms with van der Waals surface area (Å²) in [5, 5.41) is 0. The summed E-state index contributed by atoms with van der Waals surface area (Å²) in [6.07, 6.45) is 1.61. The summed E-state index contributed by atoms with van der Waals surface area (Å²) in [7, 11) is -3.33. The van der Waals surface area contributed by atoms with Crippen LogP contribution in [0.15, 0.2) is 11.0 Å². The summed E-state index contributed by atoms with van der Waals surface area (Å²) >= 11 is 1.50. The molecule has 0 spiro atoms. The van der Waals surface area contributed by atoms with Crippen LogP contribution in [0, 0.1) is 13.8 Å². The molecule has 0 saturated carbocycles. The second-order valence-corrected chi connectivity index (χ2v) is 6.87. The lowest BCUT2D eigenvalue weighted by Crippen LogP contribution is -2.25. The zero-order valence-corrected chi connectivity index (χ0v) is 11.2. The van der Waals surface area contributed by atoms with Gasteiger partial charge in [-0.25, -0.2) is 13.1 Å². The Balaban J connectivity index is 2.67. The largest absolute Gasteiger partial charge is 0.330 e. The Morgan fingerprint density at radius 3 is 2.56 bits per heavy atom. The third kappa shape index (κ3) is 3.55. The topological polar surface area (TPSA) is 72.2 Å². The Hall–Kier alpha value is -0.430. The molecular weight excluding hydrogens is 244 g/mol. The Bertz CT molecular complexity index is 438. The van der Waals surface area contributed by atoms with Gasteiger partial charge in [0.2, 0.25) is 10.0 Å². The van der Waals surface area contributed by atoms with Gasteiger partial charge in [0.15, 0.2) is 0 Å². The highest BCUT2D eigenvalue weighted by molar-refractivity contribution is 7.89. The molecule has 4 nitrogen and oxygen atoms in total. The van der Waals surface area contributed by atoms with E-state index in [4.69, 9.17) is 5.73 Å². The maximum atomic E-state index is 11.9. The maximum Gasteiger partial charge on any atom is 0.241 e. The first-order valence-corrected chi connectivity index (χ1v) is 7.54. The molecule has 0 bridgehead atoms. The van der Waals surface area contributed by atoms with Gasteiger partial charge in [0.1, 0.15) is 0 Å². The highest BCUT2D eigenvalue weighted by Crippen LogP contribution is 2.24. The highest BCUT2D eigenvalue weighted by Gasteiger charge is 2.17. The van der Waals surface area contributed by atoms with E-state index in [0.717, 1.165) is 22.6 Å². The smallest absolute Gasteiger partial charge is 0.241 e. The number of thiophene rings is 1. The molecule has 0 aliphatic carbocycles. The van der Waals surface area contributed by atoms with Gasteiger partial charge in [-0.1, -0.05) is 0 Å². The summed E-state index contributed by atoms with van der Waals surface area (Å²) < 4.78 is 26.4. The van der Waals surface area contributed by atoms with Crippen LogP contribution in [0.4, 0.5) is 0 Å². The van der Waals surface area contributed by atoms with Crippen molar-refractivity contribution in [3.63, 3.8) is 0 Å². The van der Waals surface area contributed by atoms with Gasteiger partial charge >= 0.3 is 0 Å². The minimum atomic E-state index is -3.33. The van der Waals surface area contributed by atoms with E-state index in [2.05, 4.69) is 4.72 Å². The Kier molecular flexibility index (Phi) is 4.91. The van der Waals surface area contributed by atoms with Crippen LogP contribution < -0.4 is 10.5 Å². The third-order valence-corrected chi connectivity index (χ3v) is 4.89. The molecule has 16 heavy (non-hydrogen) atoms. The molecule has 0 aliphatic heterocycles. The van der Waals surface area contributed by atoms with Crippen LogP contribution in [0.5, 0.6) is 0 Å². The first-order valence-electron chi connectivity index (χ1n) is 5.24. The zero-order chi connectivity index (χ0) is 12.2. The van der Waals surface area contributed by atoms with Gasteiger partial charge in [-0.15, -0.1) is 11.3 Å².